The minimum absolute atomic E-state index is 0.145. The number of hydrogen-bond donors (Lipinski definition) is 1. The van der Waals surface area contributed by atoms with Gasteiger partial charge in [-0.25, -0.2) is 0 Å². The molecule has 1 aromatic heterocycles. The van der Waals surface area contributed by atoms with Crippen molar-refractivity contribution in [3.8, 4) is 11.3 Å². The SMILES string of the molecule is CCN(C)C(=O)c1ccc(-c2ccc(Cl)cc2)[nH]c1=O. The number of H-pyrrole nitrogens is 1. The summed E-state index contributed by atoms with van der Waals surface area (Å²) in [4.78, 5) is 28.2. The molecular formula is C15H15ClN2O2. The minimum atomic E-state index is -0.386. The van der Waals surface area contributed by atoms with E-state index in [-0.39, 0.29) is 17.0 Å². The van der Waals surface area contributed by atoms with Crippen LogP contribution in [0.15, 0.2) is 41.2 Å². The molecular weight excluding hydrogens is 276 g/mol. The fourth-order valence-corrected chi connectivity index (χ4v) is 1.92. The molecule has 4 nitrogen and oxygen atoms in total. The minimum Gasteiger partial charge on any atom is -0.342 e. The lowest BCUT2D eigenvalue weighted by Gasteiger charge is -2.13. The van der Waals surface area contributed by atoms with E-state index in [9.17, 15) is 9.59 Å². The Labute approximate surface area is 122 Å². The van der Waals surface area contributed by atoms with E-state index >= 15 is 0 Å². The first-order chi connectivity index (χ1) is 9.52. The monoisotopic (exact) mass is 290 g/mol. The number of amides is 1. The highest BCUT2D eigenvalue weighted by Crippen LogP contribution is 2.18. The van der Waals surface area contributed by atoms with Crippen LogP contribution in [0, 0.1) is 0 Å². The smallest absolute Gasteiger partial charge is 0.261 e. The van der Waals surface area contributed by atoms with Gasteiger partial charge in [-0.1, -0.05) is 23.7 Å². The molecule has 1 heterocycles. The fraction of sp³-hybridized carbons (Fsp3) is 0.200. The van der Waals surface area contributed by atoms with Gasteiger partial charge in [0, 0.05) is 24.3 Å². The number of hydrogen-bond acceptors (Lipinski definition) is 2. The molecule has 0 bridgehead atoms. The lowest BCUT2D eigenvalue weighted by atomic mass is 10.1. The van der Waals surface area contributed by atoms with Crippen molar-refractivity contribution in [3.05, 3.63) is 57.3 Å². The van der Waals surface area contributed by atoms with Crippen LogP contribution in [0.2, 0.25) is 5.02 Å². The molecule has 104 valence electrons. The number of aromatic nitrogens is 1. The van der Waals surface area contributed by atoms with E-state index < -0.39 is 0 Å². The Morgan fingerprint density at radius 2 is 1.85 bits per heavy atom. The predicted octanol–water partition coefficient (Wildman–Crippen LogP) is 2.79. The van der Waals surface area contributed by atoms with Crippen molar-refractivity contribution >= 4 is 17.5 Å². The Balaban J connectivity index is 2.37. The number of pyridine rings is 1. The van der Waals surface area contributed by atoms with Crippen LogP contribution in [0.5, 0.6) is 0 Å². The Morgan fingerprint density at radius 1 is 1.20 bits per heavy atom. The number of nitrogens with zero attached hydrogens (tertiary/aromatic N) is 1. The summed E-state index contributed by atoms with van der Waals surface area (Å²) in [6.07, 6.45) is 0. The van der Waals surface area contributed by atoms with Crippen LogP contribution in [0.3, 0.4) is 0 Å². The second kappa shape index (κ2) is 5.92. The van der Waals surface area contributed by atoms with Crippen LogP contribution in [0.25, 0.3) is 11.3 Å². The maximum absolute atomic E-state index is 12.0. The standard InChI is InChI=1S/C15H15ClN2O2/c1-3-18(2)15(20)12-8-9-13(17-14(12)19)10-4-6-11(16)7-5-10/h4-9H,3H2,1-2H3,(H,17,19). The first-order valence-corrected chi connectivity index (χ1v) is 6.65. The first kappa shape index (κ1) is 14.3. The predicted molar refractivity (Wildman–Crippen MR) is 80.1 cm³/mol. The van der Waals surface area contributed by atoms with Crippen LogP contribution in [0.4, 0.5) is 0 Å². The van der Waals surface area contributed by atoms with Gasteiger partial charge in [0.15, 0.2) is 0 Å². The van der Waals surface area contributed by atoms with Crippen molar-refractivity contribution < 1.29 is 4.79 Å². The molecule has 2 rings (SSSR count). The van der Waals surface area contributed by atoms with E-state index in [2.05, 4.69) is 4.98 Å². The van der Waals surface area contributed by atoms with Crippen molar-refractivity contribution in [2.24, 2.45) is 0 Å². The number of halogens is 1. The van der Waals surface area contributed by atoms with Crippen molar-refractivity contribution in [1.82, 2.24) is 9.88 Å². The second-order valence-corrected chi connectivity index (χ2v) is 4.88. The molecule has 0 atom stereocenters. The third-order valence-corrected chi connectivity index (χ3v) is 3.37. The molecule has 0 aliphatic rings. The molecule has 0 aliphatic heterocycles. The molecule has 5 heteroatoms. The summed E-state index contributed by atoms with van der Waals surface area (Å²) >= 11 is 5.83. The van der Waals surface area contributed by atoms with E-state index in [1.807, 2.05) is 19.1 Å². The zero-order valence-electron chi connectivity index (χ0n) is 11.3. The highest BCUT2D eigenvalue weighted by Gasteiger charge is 2.14. The van der Waals surface area contributed by atoms with Crippen molar-refractivity contribution in [2.45, 2.75) is 6.92 Å². The highest BCUT2D eigenvalue weighted by atomic mass is 35.5. The zero-order valence-corrected chi connectivity index (χ0v) is 12.1. The van der Waals surface area contributed by atoms with Gasteiger partial charge < -0.3 is 9.88 Å². The van der Waals surface area contributed by atoms with Crippen LogP contribution in [-0.4, -0.2) is 29.4 Å². The van der Waals surface area contributed by atoms with Gasteiger partial charge in [0.1, 0.15) is 5.56 Å². The Hall–Kier alpha value is -2.07. The quantitative estimate of drug-likeness (QED) is 0.945. The number of carbonyl (C=O) groups excluding carboxylic acids is 1. The molecule has 0 aliphatic carbocycles. The van der Waals surface area contributed by atoms with E-state index in [1.54, 1.807) is 31.3 Å². The summed E-state index contributed by atoms with van der Waals surface area (Å²) in [7, 11) is 1.66. The van der Waals surface area contributed by atoms with Crippen LogP contribution in [0.1, 0.15) is 17.3 Å². The normalized spacial score (nSPS) is 10.3. The number of benzene rings is 1. The lowest BCUT2D eigenvalue weighted by molar-refractivity contribution is 0.0800. The number of carbonyl (C=O) groups is 1. The van der Waals surface area contributed by atoms with Gasteiger partial charge in [0.25, 0.3) is 11.5 Å². The zero-order chi connectivity index (χ0) is 14.7. The Kier molecular flexibility index (Phi) is 4.25. The summed E-state index contributed by atoms with van der Waals surface area (Å²) in [6, 6.07) is 10.4. The summed E-state index contributed by atoms with van der Waals surface area (Å²) < 4.78 is 0. The summed E-state index contributed by atoms with van der Waals surface area (Å²) in [5, 5.41) is 0.632. The maximum Gasteiger partial charge on any atom is 0.261 e. The van der Waals surface area contributed by atoms with E-state index in [0.717, 1.165) is 5.56 Å². The van der Waals surface area contributed by atoms with Gasteiger partial charge in [-0.3, -0.25) is 9.59 Å². The van der Waals surface area contributed by atoms with Crippen molar-refractivity contribution in [3.63, 3.8) is 0 Å². The number of nitrogens with one attached hydrogen (secondary N) is 1. The molecule has 1 N–H and O–H groups in total. The summed E-state index contributed by atoms with van der Waals surface area (Å²) in [5.74, 6) is -0.281. The van der Waals surface area contributed by atoms with E-state index in [4.69, 9.17) is 11.6 Å². The topological polar surface area (TPSA) is 53.2 Å². The molecule has 1 aromatic carbocycles. The van der Waals surface area contributed by atoms with Crippen LogP contribution < -0.4 is 5.56 Å². The van der Waals surface area contributed by atoms with Gasteiger partial charge in [0.2, 0.25) is 0 Å². The van der Waals surface area contributed by atoms with Gasteiger partial charge in [0.05, 0.1) is 0 Å². The molecule has 0 fully saturated rings. The number of rotatable bonds is 3. The summed E-state index contributed by atoms with van der Waals surface area (Å²) in [5.41, 5.74) is 1.26. The average Bonchev–Trinajstić information content (AvgIpc) is 2.46. The fourth-order valence-electron chi connectivity index (χ4n) is 1.79. The largest absolute Gasteiger partial charge is 0.342 e. The first-order valence-electron chi connectivity index (χ1n) is 6.27. The van der Waals surface area contributed by atoms with Gasteiger partial charge >= 0.3 is 0 Å². The lowest BCUT2D eigenvalue weighted by Crippen LogP contribution is -2.31. The molecule has 0 unspecified atom stereocenters. The van der Waals surface area contributed by atoms with E-state index in [1.165, 1.54) is 4.90 Å². The molecule has 0 saturated carbocycles. The molecule has 1 amide bonds. The van der Waals surface area contributed by atoms with E-state index in [0.29, 0.717) is 17.3 Å². The Morgan fingerprint density at radius 3 is 2.40 bits per heavy atom. The van der Waals surface area contributed by atoms with Crippen LogP contribution >= 0.6 is 11.6 Å². The Bertz CT molecular complexity index is 677. The van der Waals surface area contributed by atoms with Gasteiger partial charge in [-0.05, 0) is 36.8 Å². The van der Waals surface area contributed by atoms with Crippen LogP contribution in [-0.2, 0) is 0 Å². The van der Waals surface area contributed by atoms with Crippen molar-refractivity contribution in [1.29, 1.82) is 0 Å². The molecule has 0 saturated heterocycles. The van der Waals surface area contributed by atoms with Gasteiger partial charge in [-0.2, -0.15) is 0 Å². The maximum atomic E-state index is 12.0. The number of aromatic amines is 1. The molecule has 2 aromatic rings. The average molecular weight is 291 g/mol. The molecule has 0 spiro atoms. The molecule has 0 radical (unpaired) electrons. The van der Waals surface area contributed by atoms with Gasteiger partial charge in [-0.15, -0.1) is 0 Å². The third-order valence-electron chi connectivity index (χ3n) is 3.12. The second-order valence-electron chi connectivity index (χ2n) is 4.44. The van der Waals surface area contributed by atoms with Crippen molar-refractivity contribution in [2.75, 3.05) is 13.6 Å². The molecule has 20 heavy (non-hydrogen) atoms. The highest BCUT2D eigenvalue weighted by molar-refractivity contribution is 6.30. The third kappa shape index (κ3) is 2.91. The summed E-state index contributed by atoms with van der Waals surface area (Å²) in [6.45, 7) is 2.41.